The van der Waals surface area contributed by atoms with Crippen molar-refractivity contribution in [1.82, 2.24) is 0 Å². The van der Waals surface area contributed by atoms with Crippen molar-refractivity contribution < 1.29 is 24.9 Å². The summed E-state index contributed by atoms with van der Waals surface area (Å²) in [6, 6.07) is 0. The van der Waals surface area contributed by atoms with Gasteiger partial charge in [0.2, 0.25) is 0 Å². The quantitative estimate of drug-likeness (QED) is 0.476. The van der Waals surface area contributed by atoms with Gasteiger partial charge in [0, 0.05) is 5.57 Å². The van der Waals surface area contributed by atoms with E-state index in [0.717, 1.165) is 0 Å². The van der Waals surface area contributed by atoms with E-state index < -0.39 is 29.7 Å². The minimum atomic E-state index is -1.11. The number of allylic oxidation sites excluding steroid dienone is 1. The molecule has 5 nitrogen and oxygen atoms in total. The van der Waals surface area contributed by atoms with Crippen LogP contribution in [0.1, 0.15) is 41.0 Å². The van der Waals surface area contributed by atoms with Gasteiger partial charge in [0.25, 0.3) is 0 Å². The first-order chi connectivity index (χ1) is 8.70. The minimum Gasteiger partial charge on any atom is -0.462 e. The van der Waals surface area contributed by atoms with Gasteiger partial charge >= 0.3 is 5.97 Å². The van der Waals surface area contributed by atoms with E-state index in [1.807, 2.05) is 0 Å². The molecule has 0 amide bonds. The summed E-state index contributed by atoms with van der Waals surface area (Å²) in [7, 11) is 0. The van der Waals surface area contributed by atoms with E-state index in [9.17, 15) is 20.1 Å². The number of esters is 1. The van der Waals surface area contributed by atoms with Gasteiger partial charge in [-0.1, -0.05) is 6.08 Å². The van der Waals surface area contributed by atoms with Gasteiger partial charge in [-0.05, 0) is 41.0 Å². The molecule has 0 fully saturated rings. The maximum atomic E-state index is 11.5. The van der Waals surface area contributed by atoms with Gasteiger partial charge in [0.05, 0.1) is 30.3 Å². The number of carbonyl (C=O) groups is 1. The molecular weight excluding hydrogens is 248 g/mol. The fourth-order valence-electron chi connectivity index (χ4n) is 2.23. The minimum absolute atomic E-state index is 0.0325. The Morgan fingerprint density at radius 1 is 1.16 bits per heavy atom. The molecule has 0 bridgehead atoms. The molecule has 0 saturated heterocycles. The number of carbonyl (C=O) groups excluding carboxylic acids is 1. The van der Waals surface area contributed by atoms with Crippen molar-refractivity contribution >= 4 is 5.97 Å². The lowest BCUT2D eigenvalue weighted by molar-refractivity contribution is -0.150. The van der Waals surface area contributed by atoms with Crippen molar-refractivity contribution in [1.29, 1.82) is 0 Å². The Hall–Kier alpha value is -0.910. The monoisotopic (exact) mass is 274 g/mol. The van der Waals surface area contributed by atoms with E-state index in [1.165, 1.54) is 20.8 Å². The first-order valence-electron chi connectivity index (χ1n) is 6.54. The van der Waals surface area contributed by atoms with Crippen LogP contribution >= 0.6 is 0 Å². The zero-order valence-electron chi connectivity index (χ0n) is 12.4. The summed E-state index contributed by atoms with van der Waals surface area (Å²) < 4.78 is 5.06. The molecular formula is C14H26O5. The van der Waals surface area contributed by atoms with Crippen LogP contribution in [-0.4, -0.2) is 46.2 Å². The van der Waals surface area contributed by atoms with Crippen LogP contribution in [0.15, 0.2) is 11.6 Å². The smallest absolute Gasteiger partial charge is 0.333 e. The van der Waals surface area contributed by atoms with Crippen molar-refractivity contribution in [2.45, 2.75) is 59.4 Å². The molecule has 0 aromatic heterocycles. The van der Waals surface area contributed by atoms with E-state index in [0.29, 0.717) is 5.57 Å². The van der Waals surface area contributed by atoms with Gasteiger partial charge in [0.15, 0.2) is 0 Å². The molecule has 19 heavy (non-hydrogen) atoms. The fourth-order valence-corrected chi connectivity index (χ4v) is 2.23. The standard InChI is InChI=1S/C14H26O5/c1-6-9(2)13(18)19-8-7-14(10(3)15,11(4)16)12(5)17/h6,10-12,15-17H,7-8H2,1-5H3. The lowest BCUT2D eigenvalue weighted by atomic mass is 9.71. The highest BCUT2D eigenvalue weighted by Crippen LogP contribution is 2.35. The van der Waals surface area contributed by atoms with E-state index in [1.54, 1.807) is 19.9 Å². The average molecular weight is 274 g/mol. The highest BCUT2D eigenvalue weighted by molar-refractivity contribution is 5.87. The van der Waals surface area contributed by atoms with E-state index in [2.05, 4.69) is 0 Å². The van der Waals surface area contributed by atoms with Crippen molar-refractivity contribution in [2.24, 2.45) is 5.41 Å². The summed E-state index contributed by atoms with van der Waals surface area (Å²) in [5.41, 5.74) is -0.610. The lowest BCUT2D eigenvalue weighted by Crippen LogP contribution is -2.51. The van der Waals surface area contributed by atoms with Crippen molar-refractivity contribution in [3.05, 3.63) is 11.6 Å². The van der Waals surface area contributed by atoms with Crippen LogP contribution in [0.25, 0.3) is 0 Å². The Balaban J connectivity index is 4.74. The third-order valence-electron chi connectivity index (χ3n) is 3.86. The van der Waals surface area contributed by atoms with Gasteiger partial charge in [0.1, 0.15) is 0 Å². The third-order valence-corrected chi connectivity index (χ3v) is 3.86. The summed E-state index contributed by atoms with van der Waals surface area (Å²) in [5, 5.41) is 29.6. The molecule has 0 aromatic carbocycles. The molecule has 0 heterocycles. The summed E-state index contributed by atoms with van der Waals surface area (Å²) in [5.74, 6) is -0.432. The van der Waals surface area contributed by atoms with Crippen LogP contribution in [0.2, 0.25) is 0 Å². The predicted molar refractivity (Wildman–Crippen MR) is 72.5 cm³/mol. The molecule has 0 rings (SSSR count). The molecule has 5 heteroatoms. The second-order valence-corrected chi connectivity index (χ2v) is 5.00. The number of ether oxygens (including phenoxy) is 1. The Labute approximate surface area is 114 Å². The second kappa shape index (κ2) is 7.62. The Morgan fingerprint density at radius 3 is 1.89 bits per heavy atom. The number of aliphatic hydroxyl groups excluding tert-OH is 3. The summed E-state index contributed by atoms with van der Waals surface area (Å²) in [4.78, 5) is 11.5. The fraction of sp³-hybridized carbons (Fsp3) is 0.786. The molecule has 3 unspecified atom stereocenters. The molecule has 0 aromatic rings. The number of aliphatic hydroxyl groups is 3. The normalized spacial score (nSPS) is 20.3. The van der Waals surface area contributed by atoms with Gasteiger partial charge in [-0.2, -0.15) is 0 Å². The van der Waals surface area contributed by atoms with Crippen LogP contribution in [-0.2, 0) is 9.53 Å². The van der Waals surface area contributed by atoms with Gasteiger partial charge in [-0.25, -0.2) is 4.79 Å². The summed E-state index contributed by atoms with van der Waals surface area (Å²) in [6.07, 6.45) is -0.937. The largest absolute Gasteiger partial charge is 0.462 e. The molecule has 0 saturated carbocycles. The molecule has 0 aliphatic carbocycles. The molecule has 0 aliphatic heterocycles. The van der Waals surface area contributed by atoms with Gasteiger partial charge in [-0.3, -0.25) is 0 Å². The highest BCUT2D eigenvalue weighted by Gasteiger charge is 2.44. The van der Waals surface area contributed by atoms with E-state index >= 15 is 0 Å². The average Bonchev–Trinajstić information content (AvgIpc) is 2.31. The molecule has 112 valence electrons. The molecule has 0 aliphatic rings. The summed E-state index contributed by atoms with van der Waals surface area (Å²) >= 11 is 0. The van der Waals surface area contributed by atoms with Crippen LogP contribution < -0.4 is 0 Å². The molecule has 3 atom stereocenters. The summed E-state index contributed by atoms with van der Waals surface area (Å²) in [6.45, 7) is 7.95. The lowest BCUT2D eigenvalue weighted by Gasteiger charge is -2.41. The van der Waals surface area contributed by atoms with Crippen molar-refractivity contribution in [2.75, 3.05) is 6.61 Å². The first-order valence-corrected chi connectivity index (χ1v) is 6.54. The number of hydrogen-bond acceptors (Lipinski definition) is 5. The Kier molecular flexibility index (Phi) is 7.26. The number of rotatable bonds is 7. The van der Waals surface area contributed by atoms with Crippen LogP contribution in [0.3, 0.4) is 0 Å². The third kappa shape index (κ3) is 4.30. The van der Waals surface area contributed by atoms with Gasteiger partial charge in [-0.15, -0.1) is 0 Å². The van der Waals surface area contributed by atoms with Crippen LogP contribution in [0.4, 0.5) is 0 Å². The predicted octanol–water partition coefficient (Wildman–Crippen LogP) is 1.01. The first kappa shape index (κ1) is 18.1. The maximum Gasteiger partial charge on any atom is 0.333 e. The van der Waals surface area contributed by atoms with Crippen LogP contribution in [0.5, 0.6) is 0 Å². The van der Waals surface area contributed by atoms with Crippen LogP contribution in [0, 0.1) is 5.41 Å². The van der Waals surface area contributed by atoms with Crippen molar-refractivity contribution in [3.63, 3.8) is 0 Å². The Bertz CT molecular complexity index is 296. The highest BCUT2D eigenvalue weighted by atomic mass is 16.5. The topological polar surface area (TPSA) is 87.0 Å². The second-order valence-electron chi connectivity index (χ2n) is 5.00. The number of hydrogen-bond donors (Lipinski definition) is 3. The maximum absolute atomic E-state index is 11.5. The van der Waals surface area contributed by atoms with Crippen molar-refractivity contribution in [3.8, 4) is 0 Å². The van der Waals surface area contributed by atoms with E-state index in [4.69, 9.17) is 4.74 Å². The SMILES string of the molecule is CC=C(C)C(=O)OCCC(C(C)O)(C(C)O)C(C)O. The van der Waals surface area contributed by atoms with Gasteiger partial charge < -0.3 is 20.1 Å². The Morgan fingerprint density at radius 2 is 1.58 bits per heavy atom. The zero-order valence-corrected chi connectivity index (χ0v) is 12.4. The molecule has 3 N–H and O–H groups in total. The zero-order chi connectivity index (χ0) is 15.2. The molecule has 0 radical (unpaired) electrons. The van der Waals surface area contributed by atoms with E-state index in [-0.39, 0.29) is 13.0 Å². The molecule has 0 spiro atoms.